The van der Waals surface area contributed by atoms with Crippen molar-refractivity contribution in [3.63, 3.8) is 0 Å². The summed E-state index contributed by atoms with van der Waals surface area (Å²) in [5, 5.41) is 0. The van der Waals surface area contributed by atoms with E-state index < -0.39 is 0 Å². The van der Waals surface area contributed by atoms with Gasteiger partial charge in [0.15, 0.2) is 0 Å². The number of fused-ring (bicyclic) bond motifs is 1. The Balaban J connectivity index is 2.45. The Hall–Kier alpha value is -1.04. The molecule has 0 aromatic heterocycles. The molecular weight excluding hydrogens is 120 g/mol. The standard InChI is InChI=1S/C10H10/c1-8-6-9-4-2-3-5-10(9)7-8/h2-4,6-7H,5H2,1H3. The summed E-state index contributed by atoms with van der Waals surface area (Å²) in [5.74, 6) is 0. The summed E-state index contributed by atoms with van der Waals surface area (Å²) in [5.41, 5.74) is 4.25. The maximum absolute atomic E-state index is 2.26. The summed E-state index contributed by atoms with van der Waals surface area (Å²) >= 11 is 0. The van der Waals surface area contributed by atoms with Gasteiger partial charge in [0.05, 0.1) is 0 Å². The van der Waals surface area contributed by atoms with Crippen LogP contribution in [0.2, 0.25) is 0 Å². The lowest BCUT2D eigenvalue weighted by molar-refractivity contribution is 1.24. The van der Waals surface area contributed by atoms with Gasteiger partial charge in [-0.25, -0.2) is 0 Å². The third kappa shape index (κ3) is 0.766. The Bertz CT molecular complexity index is 272. The molecule has 0 heteroatoms. The normalized spacial score (nSPS) is 21.5. The highest BCUT2D eigenvalue weighted by molar-refractivity contribution is 5.55. The van der Waals surface area contributed by atoms with E-state index in [0.717, 1.165) is 6.42 Å². The van der Waals surface area contributed by atoms with Gasteiger partial charge in [-0.1, -0.05) is 36.0 Å². The topological polar surface area (TPSA) is 0 Å². The van der Waals surface area contributed by atoms with E-state index in [2.05, 4.69) is 37.3 Å². The van der Waals surface area contributed by atoms with Gasteiger partial charge in [-0.3, -0.25) is 0 Å². The molecule has 0 radical (unpaired) electrons. The second-order valence-electron chi connectivity index (χ2n) is 2.81. The highest BCUT2D eigenvalue weighted by Gasteiger charge is 2.09. The van der Waals surface area contributed by atoms with Gasteiger partial charge in [-0.2, -0.15) is 0 Å². The summed E-state index contributed by atoms with van der Waals surface area (Å²) in [4.78, 5) is 0. The summed E-state index contributed by atoms with van der Waals surface area (Å²) in [7, 11) is 0. The van der Waals surface area contributed by atoms with Crippen LogP contribution in [-0.2, 0) is 0 Å². The lowest BCUT2D eigenvalue weighted by Crippen LogP contribution is -1.84. The number of hydrogen-bond acceptors (Lipinski definition) is 0. The fourth-order valence-electron chi connectivity index (χ4n) is 1.44. The van der Waals surface area contributed by atoms with Crippen molar-refractivity contribution < 1.29 is 0 Å². The van der Waals surface area contributed by atoms with Crippen LogP contribution in [0, 0.1) is 0 Å². The molecule has 0 amide bonds. The zero-order chi connectivity index (χ0) is 6.97. The molecule has 0 aromatic carbocycles. The van der Waals surface area contributed by atoms with Crippen LogP contribution >= 0.6 is 0 Å². The van der Waals surface area contributed by atoms with Crippen molar-refractivity contribution in [2.75, 3.05) is 0 Å². The van der Waals surface area contributed by atoms with Crippen molar-refractivity contribution in [2.45, 2.75) is 13.3 Å². The molecule has 2 aliphatic carbocycles. The van der Waals surface area contributed by atoms with Gasteiger partial charge >= 0.3 is 0 Å². The van der Waals surface area contributed by atoms with Crippen LogP contribution < -0.4 is 0 Å². The summed E-state index contributed by atoms with van der Waals surface area (Å²) in [6, 6.07) is 0. The predicted molar refractivity (Wildman–Crippen MR) is 43.7 cm³/mol. The third-order valence-corrected chi connectivity index (χ3v) is 1.91. The largest absolute Gasteiger partial charge is 0.0801 e. The van der Waals surface area contributed by atoms with Crippen molar-refractivity contribution in [1.29, 1.82) is 0 Å². The highest BCUT2D eigenvalue weighted by Crippen LogP contribution is 2.28. The predicted octanol–water partition coefficient (Wildman–Crippen LogP) is 2.76. The van der Waals surface area contributed by atoms with Gasteiger partial charge in [0.25, 0.3) is 0 Å². The SMILES string of the molecule is CC1=CC2=CC=CCC2=C1. The van der Waals surface area contributed by atoms with E-state index in [4.69, 9.17) is 0 Å². The van der Waals surface area contributed by atoms with Gasteiger partial charge in [0, 0.05) is 0 Å². The third-order valence-electron chi connectivity index (χ3n) is 1.91. The molecule has 0 saturated carbocycles. The fourth-order valence-corrected chi connectivity index (χ4v) is 1.44. The van der Waals surface area contributed by atoms with Crippen molar-refractivity contribution in [3.05, 3.63) is 47.1 Å². The Morgan fingerprint density at radius 2 is 2.20 bits per heavy atom. The van der Waals surface area contributed by atoms with E-state index in [1.54, 1.807) is 0 Å². The van der Waals surface area contributed by atoms with Crippen LogP contribution in [-0.4, -0.2) is 0 Å². The molecule has 0 spiro atoms. The van der Waals surface area contributed by atoms with Crippen molar-refractivity contribution in [2.24, 2.45) is 0 Å². The number of rotatable bonds is 0. The molecule has 50 valence electrons. The van der Waals surface area contributed by atoms with Crippen molar-refractivity contribution in [3.8, 4) is 0 Å². The second kappa shape index (κ2) is 1.98. The quantitative estimate of drug-likeness (QED) is 0.473. The molecule has 0 saturated heterocycles. The van der Waals surface area contributed by atoms with E-state index in [1.807, 2.05) is 0 Å². The van der Waals surface area contributed by atoms with Crippen LogP contribution in [0.1, 0.15) is 13.3 Å². The zero-order valence-corrected chi connectivity index (χ0v) is 6.09. The Labute approximate surface area is 61.3 Å². The van der Waals surface area contributed by atoms with E-state index in [9.17, 15) is 0 Å². The molecule has 2 aliphatic rings. The molecule has 10 heavy (non-hydrogen) atoms. The monoisotopic (exact) mass is 130 g/mol. The first-order chi connectivity index (χ1) is 4.86. The van der Waals surface area contributed by atoms with Gasteiger partial charge in [0.2, 0.25) is 0 Å². The van der Waals surface area contributed by atoms with Gasteiger partial charge < -0.3 is 0 Å². The Morgan fingerprint density at radius 1 is 1.30 bits per heavy atom. The Morgan fingerprint density at radius 3 is 3.00 bits per heavy atom. The molecule has 0 N–H and O–H groups in total. The number of hydrogen-bond donors (Lipinski definition) is 0. The average Bonchev–Trinajstić information content (AvgIpc) is 2.27. The minimum Gasteiger partial charge on any atom is -0.0801 e. The molecule has 0 unspecified atom stereocenters. The molecule has 0 aliphatic heterocycles. The minimum atomic E-state index is 1.11. The van der Waals surface area contributed by atoms with E-state index >= 15 is 0 Å². The molecule has 0 bridgehead atoms. The first kappa shape index (κ1) is 5.72. The molecule has 0 fully saturated rings. The molecule has 0 nitrogen and oxygen atoms in total. The second-order valence-corrected chi connectivity index (χ2v) is 2.81. The molecule has 0 atom stereocenters. The van der Waals surface area contributed by atoms with E-state index in [1.165, 1.54) is 16.7 Å². The smallest absolute Gasteiger partial charge is 0.00883 e. The first-order valence-corrected chi connectivity index (χ1v) is 3.62. The van der Waals surface area contributed by atoms with Crippen LogP contribution in [0.5, 0.6) is 0 Å². The van der Waals surface area contributed by atoms with Crippen LogP contribution in [0.15, 0.2) is 47.1 Å². The minimum absolute atomic E-state index is 1.11. The first-order valence-electron chi connectivity index (χ1n) is 3.62. The lowest BCUT2D eigenvalue weighted by Gasteiger charge is -2.03. The van der Waals surface area contributed by atoms with Crippen LogP contribution in [0.3, 0.4) is 0 Å². The van der Waals surface area contributed by atoms with Crippen LogP contribution in [0.25, 0.3) is 0 Å². The van der Waals surface area contributed by atoms with Gasteiger partial charge in [-0.15, -0.1) is 0 Å². The fraction of sp³-hybridized carbons (Fsp3) is 0.200. The Kier molecular flexibility index (Phi) is 1.13. The van der Waals surface area contributed by atoms with Crippen molar-refractivity contribution in [1.82, 2.24) is 0 Å². The molecular formula is C10H10. The molecule has 0 aromatic rings. The summed E-state index contributed by atoms with van der Waals surface area (Å²) in [6.45, 7) is 2.14. The summed E-state index contributed by atoms with van der Waals surface area (Å²) < 4.78 is 0. The maximum atomic E-state index is 2.26. The van der Waals surface area contributed by atoms with Gasteiger partial charge in [0.1, 0.15) is 0 Å². The maximum Gasteiger partial charge on any atom is -0.00883 e. The van der Waals surface area contributed by atoms with Crippen LogP contribution in [0.4, 0.5) is 0 Å². The summed E-state index contributed by atoms with van der Waals surface area (Å²) in [6.07, 6.45) is 12.1. The van der Waals surface area contributed by atoms with Gasteiger partial charge in [-0.05, 0) is 24.5 Å². The molecule has 2 rings (SSSR count). The highest BCUT2D eigenvalue weighted by atomic mass is 14.1. The molecule has 0 heterocycles. The average molecular weight is 130 g/mol. The van der Waals surface area contributed by atoms with E-state index in [-0.39, 0.29) is 0 Å². The number of allylic oxidation sites excluding steroid dienone is 8. The zero-order valence-electron chi connectivity index (χ0n) is 6.09. The van der Waals surface area contributed by atoms with E-state index in [0.29, 0.717) is 0 Å². The van der Waals surface area contributed by atoms with Crippen molar-refractivity contribution >= 4 is 0 Å². The lowest BCUT2D eigenvalue weighted by atomic mass is 10.0.